The Kier molecular flexibility index (Phi) is 6.22. The largest absolute Gasteiger partial charge is 0.493 e. The lowest BCUT2D eigenvalue weighted by Gasteiger charge is -2.35. The first-order valence-corrected chi connectivity index (χ1v) is 9.79. The summed E-state index contributed by atoms with van der Waals surface area (Å²) >= 11 is 5.35. The molecule has 1 unspecified atom stereocenters. The van der Waals surface area contributed by atoms with Crippen LogP contribution in [0.2, 0.25) is 0 Å². The first-order chi connectivity index (χ1) is 12.2. The summed E-state index contributed by atoms with van der Waals surface area (Å²) in [6, 6.07) is 8.43. The van der Waals surface area contributed by atoms with E-state index in [0.717, 1.165) is 41.3 Å². The van der Waals surface area contributed by atoms with Crippen LogP contribution in [-0.2, 0) is 0 Å². The fraction of sp³-hybridized carbons (Fsp3) is 0.444. The molecule has 1 atom stereocenters. The van der Waals surface area contributed by atoms with Crippen LogP contribution in [0, 0.1) is 0 Å². The van der Waals surface area contributed by atoms with Crippen molar-refractivity contribution in [3.05, 3.63) is 38.5 Å². The number of methoxy groups -OCH3 is 3. The molecule has 0 aliphatic carbocycles. The number of benzene rings is 1. The van der Waals surface area contributed by atoms with Gasteiger partial charge in [-0.1, -0.05) is 0 Å². The molecule has 1 N–H and O–H groups in total. The minimum absolute atomic E-state index is 0.119. The van der Waals surface area contributed by atoms with E-state index in [1.54, 1.807) is 32.7 Å². The lowest BCUT2D eigenvalue weighted by molar-refractivity contribution is 0.196. The van der Waals surface area contributed by atoms with Gasteiger partial charge in [0.2, 0.25) is 5.75 Å². The second kappa shape index (κ2) is 8.40. The van der Waals surface area contributed by atoms with Crippen molar-refractivity contribution in [2.45, 2.75) is 6.04 Å². The first-order valence-electron chi connectivity index (χ1n) is 8.18. The number of piperazine rings is 1. The monoisotopic (exact) mass is 426 g/mol. The number of rotatable bonds is 6. The van der Waals surface area contributed by atoms with E-state index in [2.05, 4.69) is 44.3 Å². The first kappa shape index (κ1) is 18.5. The van der Waals surface area contributed by atoms with Gasteiger partial charge in [0.25, 0.3) is 0 Å². The zero-order valence-corrected chi connectivity index (χ0v) is 17.1. The maximum Gasteiger partial charge on any atom is 0.203 e. The zero-order chi connectivity index (χ0) is 17.8. The van der Waals surface area contributed by atoms with Crippen LogP contribution >= 0.6 is 27.3 Å². The quantitative estimate of drug-likeness (QED) is 0.764. The maximum absolute atomic E-state index is 5.76. The average molecular weight is 427 g/mol. The van der Waals surface area contributed by atoms with Crippen LogP contribution < -0.4 is 19.5 Å². The van der Waals surface area contributed by atoms with Crippen LogP contribution in [0.3, 0.4) is 0 Å². The molecule has 1 aliphatic heterocycles. The van der Waals surface area contributed by atoms with Crippen molar-refractivity contribution in [2.75, 3.05) is 47.5 Å². The van der Waals surface area contributed by atoms with E-state index in [-0.39, 0.29) is 6.04 Å². The summed E-state index contributed by atoms with van der Waals surface area (Å²) in [5.74, 6) is 2.04. The summed E-state index contributed by atoms with van der Waals surface area (Å²) in [7, 11) is 4.97. The Morgan fingerprint density at radius 3 is 2.28 bits per heavy atom. The molecular formula is C18H23BrN2O3S. The van der Waals surface area contributed by atoms with Gasteiger partial charge < -0.3 is 19.5 Å². The smallest absolute Gasteiger partial charge is 0.203 e. The predicted octanol–water partition coefficient (Wildman–Crippen LogP) is 3.53. The summed E-state index contributed by atoms with van der Waals surface area (Å²) in [5, 5.41) is 3.42. The highest BCUT2D eigenvalue weighted by Crippen LogP contribution is 2.46. The van der Waals surface area contributed by atoms with Crippen LogP contribution in [0.5, 0.6) is 17.2 Å². The minimum Gasteiger partial charge on any atom is -0.493 e. The average Bonchev–Trinajstić information content (AvgIpc) is 3.08. The van der Waals surface area contributed by atoms with Gasteiger partial charge in [-0.05, 0) is 40.2 Å². The van der Waals surface area contributed by atoms with Crippen LogP contribution in [-0.4, -0.2) is 52.4 Å². The Morgan fingerprint density at radius 2 is 1.72 bits per heavy atom. The molecule has 0 amide bonds. The molecule has 5 nitrogen and oxygen atoms in total. The van der Waals surface area contributed by atoms with Crippen molar-refractivity contribution in [3.63, 3.8) is 0 Å². The Hall–Kier alpha value is -1.28. The van der Waals surface area contributed by atoms with Gasteiger partial charge in [0.05, 0.1) is 31.2 Å². The Morgan fingerprint density at radius 1 is 1.00 bits per heavy atom. The van der Waals surface area contributed by atoms with Crippen molar-refractivity contribution in [2.24, 2.45) is 0 Å². The molecule has 1 aromatic heterocycles. The fourth-order valence-electron chi connectivity index (χ4n) is 3.29. The molecule has 0 bridgehead atoms. The van der Waals surface area contributed by atoms with Gasteiger partial charge in [-0.25, -0.2) is 0 Å². The molecule has 2 aromatic rings. The van der Waals surface area contributed by atoms with Gasteiger partial charge in [-0.15, -0.1) is 11.3 Å². The highest BCUT2D eigenvalue weighted by atomic mass is 79.9. The molecule has 1 fully saturated rings. The Labute approximate surface area is 161 Å². The molecule has 25 heavy (non-hydrogen) atoms. The van der Waals surface area contributed by atoms with E-state index in [1.165, 1.54) is 4.88 Å². The van der Waals surface area contributed by atoms with E-state index in [0.29, 0.717) is 11.5 Å². The van der Waals surface area contributed by atoms with Crippen LogP contribution in [0.15, 0.2) is 28.1 Å². The molecule has 2 heterocycles. The number of thiophene rings is 1. The van der Waals surface area contributed by atoms with Gasteiger partial charge >= 0.3 is 0 Å². The van der Waals surface area contributed by atoms with E-state index < -0.39 is 0 Å². The normalized spacial score (nSPS) is 16.5. The lowest BCUT2D eigenvalue weighted by atomic mass is 10.0. The minimum atomic E-state index is 0.119. The second-order valence-corrected chi connectivity index (χ2v) is 8.25. The van der Waals surface area contributed by atoms with Gasteiger partial charge in [0, 0.05) is 36.6 Å². The van der Waals surface area contributed by atoms with Gasteiger partial charge in [0.15, 0.2) is 11.5 Å². The number of hydrogen-bond acceptors (Lipinski definition) is 6. The highest BCUT2D eigenvalue weighted by Gasteiger charge is 2.30. The number of nitrogens with zero attached hydrogens (tertiary/aromatic N) is 1. The Balaban J connectivity index is 2.12. The molecule has 7 heteroatoms. The molecule has 0 spiro atoms. The fourth-order valence-corrected chi connectivity index (χ4v) is 4.86. The van der Waals surface area contributed by atoms with Crippen molar-refractivity contribution in [1.29, 1.82) is 0 Å². The van der Waals surface area contributed by atoms with Gasteiger partial charge in [0.1, 0.15) is 0 Å². The summed E-state index contributed by atoms with van der Waals surface area (Å²) < 4.78 is 17.9. The molecule has 0 saturated carbocycles. The van der Waals surface area contributed by atoms with Crippen LogP contribution in [0.1, 0.15) is 16.5 Å². The zero-order valence-electron chi connectivity index (χ0n) is 14.7. The molecule has 1 saturated heterocycles. The van der Waals surface area contributed by atoms with Crippen molar-refractivity contribution in [1.82, 2.24) is 10.2 Å². The third-order valence-corrected chi connectivity index (χ3v) is 6.09. The number of nitrogens with one attached hydrogen (secondary N) is 1. The third-order valence-electron chi connectivity index (χ3n) is 4.41. The second-order valence-electron chi connectivity index (χ2n) is 5.75. The summed E-state index contributed by atoms with van der Waals surface area (Å²) in [5.41, 5.74) is 1.09. The summed E-state index contributed by atoms with van der Waals surface area (Å²) in [4.78, 5) is 3.76. The predicted molar refractivity (Wildman–Crippen MR) is 104 cm³/mol. The van der Waals surface area contributed by atoms with Crippen molar-refractivity contribution < 1.29 is 14.2 Å². The van der Waals surface area contributed by atoms with Gasteiger partial charge in [-0.3, -0.25) is 4.90 Å². The maximum atomic E-state index is 5.76. The molecule has 3 rings (SSSR count). The summed E-state index contributed by atoms with van der Waals surface area (Å²) in [6.07, 6.45) is 0. The van der Waals surface area contributed by atoms with Crippen molar-refractivity contribution >= 4 is 27.3 Å². The molecular weight excluding hydrogens is 404 g/mol. The highest BCUT2D eigenvalue weighted by molar-refractivity contribution is 9.11. The number of hydrogen-bond donors (Lipinski definition) is 1. The van der Waals surface area contributed by atoms with E-state index >= 15 is 0 Å². The molecule has 1 aromatic carbocycles. The van der Waals surface area contributed by atoms with E-state index in [4.69, 9.17) is 14.2 Å². The van der Waals surface area contributed by atoms with Crippen LogP contribution in [0.4, 0.5) is 0 Å². The molecule has 1 aliphatic rings. The Bertz CT molecular complexity index is 716. The SMILES string of the molecule is COc1ccc(C(c2ccc(Br)s2)N2CCNCC2)c(OC)c1OC. The molecule has 0 radical (unpaired) electrons. The summed E-state index contributed by atoms with van der Waals surface area (Å²) in [6.45, 7) is 3.94. The number of ether oxygens (including phenoxy) is 3. The number of halogens is 1. The van der Waals surface area contributed by atoms with Gasteiger partial charge in [-0.2, -0.15) is 0 Å². The standard InChI is InChI=1S/C18H23BrN2O3S/c1-22-13-5-4-12(17(23-2)18(13)24-3)16(14-6-7-15(19)25-14)21-10-8-20-9-11-21/h4-7,16,20H,8-11H2,1-3H3. The van der Waals surface area contributed by atoms with Crippen LogP contribution in [0.25, 0.3) is 0 Å². The lowest BCUT2D eigenvalue weighted by Crippen LogP contribution is -2.45. The van der Waals surface area contributed by atoms with E-state index in [9.17, 15) is 0 Å². The topological polar surface area (TPSA) is 43.0 Å². The van der Waals surface area contributed by atoms with Crippen molar-refractivity contribution in [3.8, 4) is 17.2 Å². The van der Waals surface area contributed by atoms with E-state index in [1.807, 2.05) is 6.07 Å². The molecule has 136 valence electrons. The third kappa shape index (κ3) is 3.79.